The molecule has 3 heterocycles. The van der Waals surface area contributed by atoms with Gasteiger partial charge in [-0.15, -0.1) is 0 Å². The molecule has 26 heavy (non-hydrogen) atoms. The first kappa shape index (κ1) is 17.2. The van der Waals surface area contributed by atoms with Crippen molar-refractivity contribution in [3.63, 3.8) is 0 Å². The molecule has 0 N–H and O–H groups in total. The fourth-order valence-electron chi connectivity index (χ4n) is 4.10. The lowest BCUT2D eigenvalue weighted by Crippen LogP contribution is -2.34. The third-order valence-electron chi connectivity index (χ3n) is 5.68. The van der Waals surface area contributed by atoms with E-state index in [9.17, 15) is 4.79 Å². The van der Waals surface area contributed by atoms with Crippen LogP contribution in [0.1, 0.15) is 59.3 Å². The van der Waals surface area contributed by atoms with Crippen LogP contribution in [0.25, 0.3) is 0 Å². The summed E-state index contributed by atoms with van der Waals surface area (Å²) in [7, 11) is 0. The van der Waals surface area contributed by atoms with Gasteiger partial charge in [0.25, 0.3) is 0 Å². The molecule has 6 nitrogen and oxygen atoms in total. The number of carbonyl (C=O) groups excluding carboxylic acids is 1. The summed E-state index contributed by atoms with van der Waals surface area (Å²) in [5.74, 6) is 1.44. The lowest BCUT2D eigenvalue weighted by Gasteiger charge is -2.35. The van der Waals surface area contributed by atoms with E-state index in [1.54, 1.807) is 12.4 Å². The van der Waals surface area contributed by atoms with Crippen LogP contribution < -0.4 is 4.74 Å². The van der Waals surface area contributed by atoms with Crippen LogP contribution in [0.4, 0.5) is 0 Å². The average molecular weight is 355 g/mol. The average Bonchev–Trinajstić information content (AvgIpc) is 3.07. The van der Waals surface area contributed by atoms with Crippen LogP contribution in [0.15, 0.2) is 24.7 Å². The number of hydrogen-bond donors (Lipinski definition) is 0. The van der Waals surface area contributed by atoms with Gasteiger partial charge in [0.15, 0.2) is 6.29 Å². The van der Waals surface area contributed by atoms with Gasteiger partial charge in [0.05, 0.1) is 37.6 Å². The summed E-state index contributed by atoms with van der Waals surface area (Å²) in [5.41, 5.74) is 2.74. The Morgan fingerprint density at radius 1 is 1.31 bits per heavy atom. The molecule has 2 aromatic heterocycles. The first-order valence-electron chi connectivity index (χ1n) is 9.41. The predicted octanol–water partition coefficient (Wildman–Crippen LogP) is 3.32. The van der Waals surface area contributed by atoms with Gasteiger partial charge < -0.3 is 9.47 Å². The van der Waals surface area contributed by atoms with Gasteiger partial charge in [0, 0.05) is 29.9 Å². The Kier molecular flexibility index (Phi) is 5.02. The number of aromatic nitrogens is 3. The van der Waals surface area contributed by atoms with Crippen molar-refractivity contribution in [3.05, 3.63) is 41.5 Å². The van der Waals surface area contributed by atoms with Crippen molar-refractivity contribution in [2.75, 3.05) is 19.8 Å². The van der Waals surface area contributed by atoms with Crippen molar-refractivity contribution < 1.29 is 14.3 Å². The summed E-state index contributed by atoms with van der Waals surface area (Å²) in [6.45, 7) is 3.98. The number of hydrogen-bond acceptors (Lipinski definition) is 5. The molecule has 0 spiro atoms. The first-order chi connectivity index (χ1) is 12.8. The molecule has 2 aliphatic rings. The van der Waals surface area contributed by atoms with Gasteiger partial charge in [-0.3, -0.25) is 14.5 Å². The highest BCUT2D eigenvalue weighted by Gasteiger charge is 2.32. The van der Waals surface area contributed by atoms with E-state index in [2.05, 4.69) is 20.8 Å². The summed E-state index contributed by atoms with van der Waals surface area (Å²) in [6, 6.07) is 2.51. The Balaban J connectivity index is 1.51. The molecule has 1 aliphatic carbocycles. The molecule has 0 bridgehead atoms. The molecule has 0 radical (unpaired) electrons. The topological polar surface area (TPSA) is 66.2 Å². The summed E-state index contributed by atoms with van der Waals surface area (Å²) in [6.07, 6.45) is 10.8. The summed E-state index contributed by atoms with van der Waals surface area (Å²) in [5, 5.41) is 4.54. The molecule has 1 saturated heterocycles. The molecule has 0 aromatic carbocycles. The van der Waals surface area contributed by atoms with Crippen molar-refractivity contribution in [3.8, 4) is 5.75 Å². The number of pyridine rings is 1. The lowest BCUT2D eigenvalue weighted by atomic mass is 9.77. The van der Waals surface area contributed by atoms with Gasteiger partial charge in [0.1, 0.15) is 5.75 Å². The fourth-order valence-corrected chi connectivity index (χ4v) is 4.10. The Morgan fingerprint density at radius 2 is 2.15 bits per heavy atom. The van der Waals surface area contributed by atoms with E-state index in [0.29, 0.717) is 35.8 Å². The second-order valence-electron chi connectivity index (χ2n) is 7.34. The highest BCUT2D eigenvalue weighted by molar-refractivity contribution is 5.81. The zero-order valence-electron chi connectivity index (χ0n) is 15.1. The molecule has 138 valence electrons. The zero-order valence-corrected chi connectivity index (χ0v) is 15.1. The zero-order chi connectivity index (χ0) is 17.9. The molecule has 1 aliphatic heterocycles. The van der Waals surface area contributed by atoms with Gasteiger partial charge in [0.2, 0.25) is 0 Å². The first-order valence-corrected chi connectivity index (χ1v) is 9.41. The number of ether oxygens (including phenoxy) is 2. The maximum absolute atomic E-state index is 11.4. The minimum Gasteiger partial charge on any atom is -0.491 e. The van der Waals surface area contributed by atoms with Crippen molar-refractivity contribution in [1.82, 2.24) is 14.8 Å². The fraction of sp³-hybridized carbons (Fsp3) is 0.550. The summed E-state index contributed by atoms with van der Waals surface area (Å²) in [4.78, 5) is 15.5. The van der Waals surface area contributed by atoms with E-state index in [1.165, 1.54) is 18.5 Å². The van der Waals surface area contributed by atoms with E-state index in [0.717, 1.165) is 37.9 Å². The molecule has 2 atom stereocenters. The molecule has 1 saturated carbocycles. The van der Waals surface area contributed by atoms with E-state index in [1.807, 2.05) is 13.1 Å². The number of carbonyl (C=O) groups is 1. The highest BCUT2D eigenvalue weighted by Crippen LogP contribution is 2.39. The molecule has 6 heteroatoms. The maximum atomic E-state index is 11.4. The van der Waals surface area contributed by atoms with Gasteiger partial charge in [-0.2, -0.15) is 5.10 Å². The quantitative estimate of drug-likeness (QED) is 0.744. The molecule has 2 unspecified atom stereocenters. The smallest absolute Gasteiger partial charge is 0.154 e. The third kappa shape index (κ3) is 3.26. The van der Waals surface area contributed by atoms with Crippen LogP contribution in [0.2, 0.25) is 0 Å². The minimum absolute atomic E-state index is 0.367. The van der Waals surface area contributed by atoms with Gasteiger partial charge in [-0.25, -0.2) is 0 Å². The molecule has 0 amide bonds. The molecule has 2 fully saturated rings. The van der Waals surface area contributed by atoms with Crippen molar-refractivity contribution in [2.24, 2.45) is 5.92 Å². The molecular weight excluding hydrogens is 330 g/mol. The number of rotatable bonds is 6. The largest absolute Gasteiger partial charge is 0.491 e. The van der Waals surface area contributed by atoms with Crippen LogP contribution in [-0.2, 0) is 4.74 Å². The molecular formula is C20H25N3O3. The number of nitrogens with zero attached hydrogens (tertiary/aromatic N) is 3. The normalized spacial score (nSPS) is 23.4. The Morgan fingerprint density at radius 3 is 2.92 bits per heavy atom. The van der Waals surface area contributed by atoms with Crippen molar-refractivity contribution in [1.29, 1.82) is 0 Å². The van der Waals surface area contributed by atoms with Crippen LogP contribution in [-0.4, -0.2) is 40.9 Å². The lowest BCUT2D eigenvalue weighted by molar-refractivity contribution is -0.0310. The van der Waals surface area contributed by atoms with Crippen molar-refractivity contribution >= 4 is 6.29 Å². The van der Waals surface area contributed by atoms with E-state index in [-0.39, 0.29) is 0 Å². The monoisotopic (exact) mass is 355 g/mol. The molecule has 2 aromatic rings. The van der Waals surface area contributed by atoms with E-state index >= 15 is 0 Å². The Hall–Kier alpha value is -2.21. The molecule has 4 rings (SSSR count). The van der Waals surface area contributed by atoms with Crippen LogP contribution >= 0.6 is 0 Å². The van der Waals surface area contributed by atoms with E-state index < -0.39 is 0 Å². The summed E-state index contributed by atoms with van der Waals surface area (Å²) >= 11 is 0. The minimum atomic E-state index is 0.367. The number of aldehydes is 1. The standard InChI is InChI=1S/C20H25N3O3/c1-14-8-21-9-20(18(14)10-24)26-11-15-4-2-3-5-17(15)19-6-7-22-23(19)16-12-25-13-16/h6-10,15-17H,2-5,11-13H2,1H3. The highest BCUT2D eigenvalue weighted by atomic mass is 16.5. The SMILES string of the molecule is Cc1cncc(OCC2CCCCC2c2ccnn2C2COC2)c1C=O. The second kappa shape index (κ2) is 7.58. The van der Waals surface area contributed by atoms with Crippen molar-refractivity contribution in [2.45, 2.75) is 44.6 Å². The summed E-state index contributed by atoms with van der Waals surface area (Å²) < 4.78 is 13.6. The third-order valence-corrected chi connectivity index (χ3v) is 5.68. The van der Waals surface area contributed by atoms with Crippen LogP contribution in [0.3, 0.4) is 0 Å². The maximum Gasteiger partial charge on any atom is 0.154 e. The van der Waals surface area contributed by atoms with E-state index in [4.69, 9.17) is 9.47 Å². The van der Waals surface area contributed by atoms with Crippen LogP contribution in [0.5, 0.6) is 5.75 Å². The Bertz CT molecular complexity index is 769. The number of aryl methyl sites for hydroxylation is 1. The second-order valence-corrected chi connectivity index (χ2v) is 7.34. The van der Waals surface area contributed by atoms with Gasteiger partial charge in [-0.05, 0) is 31.4 Å². The van der Waals surface area contributed by atoms with Gasteiger partial charge in [-0.1, -0.05) is 12.8 Å². The van der Waals surface area contributed by atoms with Gasteiger partial charge >= 0.3 is 0 Å². The predicted molar refractivity (Wildman–Crippen MR) is 96.6 cm³/mol. The Labute approximate surface area is 153 Å². The van der Waals surface area contributed by atoms with Crippen LogP contribution in [0, 0.1) is 12.8 Å².